The fourth-order valence-electron chi connectivity index (χ4n) is 5.96. The first-order valence-corrected chi connectivity index (χ1v) is 15.6. The van der Waals surface area contributed by atoms with Gasteiger partial charge in [-0.15, -0.1) is 11.3 Å². The molecule has 0 saturated carbocycles. The van der Waals surface area contributed by atoms with Gasteiger partial charge < -0.3 is 4.90 Å². The Morgan fingerprint density at radius 3 is 1.68 bits per heavy atom. The highest BCUT2D eigenvalue weighted by atomic mass is 32.1. The van der Waals surface area contributed by atoms with Crippen molar-refractivity contribution in [1.82, 2.24) is 4.98 Å². The lowest BCUT2D eigenvalue weighted by atomic mass is 9.98. The van der Waals surface area contributed by atoms with Crippen molar-refractivity contribution in [2.24, 2.45) is 0 Å². The van der Waals surface area contributed by atoms with E-state index in [1.807, 2.05) is 6.07 Å². The molecule has 0 fully saturated rings. The molecule has 1 heterocycles. The highest BCUT2D eigenvalue weighted by molar-refractivity contribution is 7.22. The molecule has 0 spiro atoms. The van der Waals surface area contributed by atoms with Gasteiger partial charge in [-0.25, -0.2) is 4.98 Å². The topological polar surface area (TPSA) is 16.1 Å². The molecular weight excluding hydrogens is 553 g/mol. The van der Waals surface area contributed by atoms with E-state index in [0.717, 1.165) is 33.1 Å². The van der Waals surface area contributed by atoms with Crippen molar-refractivity contribution in [3.63, 3.8) is 0 Å². The van der Waals surface area contributed by atoms with Crippen molar-refractivity contribution >= 4 is 49.4 Å². The molecular formula is C41H28N2S. The van der Waals surface area contributed by atoms with Gasteiger partial charge in [0.15, 0.2) is 0 Å². The summed E-state index contributed by atoms with van der Waals surface area (Å²) in [7, 11) is 0. The Balaban J connectivity index is 1.16. The molecule has 0 radical (unpaired) electrons. The van der Waals surface area contributed by atoms with E-state index in [-0.39, 0.29) is 0 Å². The van der Waals surface area contributed by atoms with E-state index in [4.69, 9.17) is 4.98 Å². The molecule has 0 N–H and O–H groups in total. The standard InChI is InChI=1S/C41H28N2S/c1-3-12-32(13-4-1)41-42-39-20-10-19-38(40(39)44-41)31-23-27-35(28-24-31)43(33-15-5-2-6-16-33)34-25-21-30(22-26-34)37-18-9-14-29-11-7-8-17-36(29)37/h1-28H. The van der Waals surface area contributed by atoms with Crippen LogP contribution in [0, 0.1) is 0 Å². The second kappa shape index (κ2) is 11.3. The Morgan fingerprint density at radius 2 is 0.955 bits per heavy atom. The number of fused-ring (bicyclic) bond motifs is 2. The number of hydrogen-bond donors (Lipinski definition) is 0. The van der Waals surface area contributed by atoms with Crippen LogP contribution in [0.1, 0.15) is 0 Å². The fraction of sp³-hybridized carbons (Fsp3) is 0. The summed E-state index contributed by atoms with van der Waals surface area (Å²) in [5.74, 6) is 0. The van der Waals surface area contributed by atoms with Crippen LogP contribution in [0.5, 0.6) is 0 Å². The first kappa shape index (κ1) is 26.1. The molecule has 0 saturated heterocycles. The largest absolute Gasteiger partial charge is 0.311 e. The summed E-state index contributed by atoms with van der Waals surface area (Å²) in [5, 5.41) is 3.57. The monoisotopic (exact) mass is 580 g/mol. The summed E-state index contributed by atoms with van der Waals surface area (Å²) in [6.07, 6.45) is 0. The van der Waals surface area contributed by atoms with Gasteiger partial charge in [-0.1, -0.05) is 127 Å². The predicted octanol–water partition coefficient (Wildman–Crippen LogP) is 11.9. The normalized spacial score (nSPS) is 11.2. The molecule has 3 heteroatoms. The predicted molar refractivity (Wildman–Crippen MR) is 188 cm³/mol. The van der Waals surface area contributed by atoms with Crippen LogP contribution in [0.15, 0.2) is 170 Å². The summed E-state index contributed by atoms with van der Waals surface area (Å²) in [5.41, 5.74) is 10.4. The van der Waals surface area contributed by atoms with Gasteiger partial charge in [-0.3, -0.25) is 0 Å². The molecule has 8 rings (SSSR count). The summed E-state index contributed by atoms with van der Waals surface area (Å²) in [4.78, 5) is 7.27. The summed E-state index contributed by atoms with van der Waals surface area (Å²) >= 11 is 1.75. The number of rotatable bonds is 6. The van der Waals surface area contributed by atoms with Crippen LogP contribution in [0.4, 0.5) is 17.1 Å². The van der Waals surface area contributed by atoms with Gasteiger partial charge >= 0.3 is 0 Å². The molecule has 208 valence electrons. The van der Waals surface area contributed by atoms with Crippen LogP contribution >= 0.6 is 11.3 Å². The molecule has 0 aliphatic heterocycles. The van der Waals surface area contributed by atoms with E-state index < -0.39 is 0 Å². The number of para-hydroxylation sites is 1. The molecule has 1 aromatic heterocycles. The number of hydrogen-bond acceptors (Lipinski definition) is 3. The van der Waals surface area contributed by atoms with E-state index in [2.05, 4.69) is 169 Å². The van der Waals surface area contributed by atoms with Crippen LogP contribution in [-0.2, 0) is 0 Å². The fourth-order valence-corrected chi connectivity index (χ4v) is 7.07. The number of nitrogens with zero attached hydrogens (tertiary/aromatic N) is 2. The average Bonchev–Trinajstić information content (AvgIpc) is 3.55. The zero-order chi connectivity index (χ0) is 29.3. The smallest absolute Gasteiger partial charge is 0.124 e. The van der Waals surface area contributed by atoms with Crippen molar-refractivity contribution in [2.75, 3.05) is 4.90 Å². The third-order valence-corrected chi connectivity index (χ3v) is 9.27. The number of thiazole rings is 1. The molecule has 0 amide bonds. The van der Waals surface area contributed by atoms with Gasteiger partial charge in [-0.05, 0) is 69.9 Å². The maximum absolute atomic E-state index is 4.95. The third kappa shape index (κ3) is 4.84. The lowest BCUT2D eigenvalue weighted by molar-refractivity contribution is 1.28. The van der Waals surface area contributed by atoms with E-state index in [1.54, 1.807) is 11.3 Å². The average molecular weight is 581 g/mol. The maximum atomic E-state index is 4.95. The van der Waals surface area contributed by atoms with Gasteiger partial charge in [-0.2, -0.15) is 0 Å². The molecule has 0 atom stereocenters. The lowest BCUT2D eigenvalue weighted by Crippen LogP contribution is -2.09. The maximum Gasteiger partial charge on any atom is 0.124 e. The molecule has 8 aromatic rings. The highest BCUT2D eigenvalue weighted by Crippen LogP contribution is 2.40. The Kier molecular flexibility index (Phi) is 6.71. The van der Waals surface area contributed by atoms with Gasteiger partial charge in [0.25, 0.3) is 0 Å². The number of benzene rings is 7. The first-order valence-electron chi connectivity index (χ1n) is 14.8. The zero-order valence-electron chi connectivity index (χ0n) is 24.0. The minimum Gasteiger partial charge on any atom is -0.311 e. The van der Waals surface area contributed by atoms with Crippen molar-refractivity contribution in [1.29, 1.82) is 0 Å². The van der Waals surface area contributed by atoms with Crippen LogP contribution in [0.3, 0.4) is 0 Å². The molecule has 0 aliphatic carbocycles. The third-order valence-electron chi connectivity index (χ3n) is 8.11. The minimum absolute atomic E-state index is 1.03. The van der Waals surface area contributed by atoms with Crippen LogP contribution in [0.25, 0.3) is 53.8 Å². The van der Waals surface area contributed by atoms with E-state index in [0.29, 0.717) is 0 Å². The van der Waals surface area contributed by atoms with Crippen molar-refractivity contribution in [2.45, 2.75) is 0 Å². The van der Waals surface area contributed by atoms with Crippen LogP contribution in [0.2, 0.25) is 0 Å². The lowest BCUT2D eigenvalue weighted by Gasteiger charge is -2.26. The Labute approximate surface area is 261 Å². The zero-order valence-corrected chi connectivity index (χ0v) is 24.8. The molecule has 0 aliphatic rings. The summed E-state index contributed by atoms with van der Waals surface area (Å²) in [6, 6.07) is 60.3. The quantitative estimate of drug-likeness (QED) is 0.194. The minimum atomic E-state index is 1.03. The van der Waals surface area contributed by atoms with Gasteiger partial charge in [0.2, 0.25) is 0 Å². The molecule has 44 heavy (non-hydrogen) atoms. The SMILES string of the molecule is c1ccc(-c2nc3cccc(-c4ccc(N(c5ccccc5)c5ccc(-c6cccc7ccccc67)cc5)cc4)c3s2)cc1. The molecule has 7 aromatic carbocycles. The number of aromatic nitrogens is 1. The molecule has 0 bridgehead atoms. The van der Waals surface area contributed by atoms with Crippen molar-refractivity contribution < 1.29 is 0 Å². The summed E-state index contributed by atoms with van der Waals surface area (Å²) in [6.45, 7) is 0. The Morgan fingerprint density at radius 1 is 0.409 bits per heavy atom. The molecule has 0 unspecified atom stereocenters. The Bertz CT molecular complexity index is 2200. The van der Waals surface area contributed by atoms with Crippen LogP contribution < -0.4 is 4.90 Å². The second-order valence-corrected chi connectivity index (χ2v) is 11.8. The van der Waals surface area contributed by atoms with Crippen molar-refractivity contribution in [3.8, 4) is 32.8 Å². The molecule has 2 nitrogen and oxygen atoms in total. The first-order chi connectivity index (χ1) is 21.8. The summed E-state index contributed by atoms with van der Waals surface area (Å²) < 4.78 is 1.21. The van der Waals surface area contributed by atoms with Crippen molar-refractivity contribution in [3.05, 3.63) is 170 Å². The van der Waals surface area contributed by atoms with Crippen LogP contribution in [-0.4, -0.2) is 4.98 Å². The highest BCUT2D eigenvalue weighted by Gasteiger charge is 2.15. The van der Waals surface area contributed by atoms with E-state index >= 15 is 0 Å². The second-order valence-electron chi connectivity index (χ2n) is 10.8. The van der Waals surface area contributed by atoms with Gasteiger partial charge in [0, 0.05) is 28.2 Å². The van der Waals surface area contributed by atoms with E-state index in [9.17, 15) is 0 Å². The number of anilines is 3. The van der Waals surface area contributed by atoms with Gasteiger partial charge in [0.05, 0.1) is 10.2 Å². The van der Waals surface area contributed by atoms with Gasteiger partial charge in [0.1, 0.15) is 5.01 Å². The Hall–Kier alpha value is -5.51. The van der Waals surface area contributed by atoms with E-state index in [1.165, 1.54) is 37.7 Å².